The first kappa shape index (κ1) is 11.5. The number of halogens is 2. The van der Waals surface area contributed by atoms with E-state index in [1.807, 2.05) is 22.6 Å². The monoisotopic (exact) mass is 326 g/mol. The van der Waals surface area contributed by atoms with E-state index in [-0.39, 0.29) is 17.3 Å². The van der Waals surface area contributed by atoms with E-state index in [1.165, 1.54) is 6.07 Å². The third-order valence-corrected chi connectivity index (χ3v) is 2.58. The summed E-state index contributed by atoms with van der Waals surface area (Å²) in [5, 5.41) is 0.210. The molecule has 0 aliphatic heterocycles. The number of carbonyl (C=O) groups is 1. The summed E-state index contributed by atoms with van der Waals surface area (Å²) in [4.78, 5) is 15.3. The molecule has 0 amide bonds. The topological polar surface area (TPSA) is 65.2 Å². The first-order valence-electron chi connectivity index (χ1n) is 3.85. The van der Waals surface area contributed by atoms with Gasteiger partial charge in [0.25, 0.3) is 0 Å². The fourth-order valence-corrected chi connectivity index (χ4v) is 1.46. The lowest BCUT2D eigenvalue weighted by molar-refractivity contribution is 0.0519. The number of hydrogen-bond acceptors (Lipinski definition) is 4. The summed E-state index contributed by atoms with van der Waals surface area (Å²) in [6, 6.07) is 1.49. The number of pyridine rings is 1. The number of rotatable bonds is 2. The van der Waals surface area contributed by atoms with Crippen LogP contribution in [0.2, 0.25) is 5.02 Å². The van der Waals surface area contributed by atoms with Crippen molar-refractivity contribution in [2.24, 2.45) is 0 Å². The van der Waals surface area contributed by atoms with Crippen LogP contribution in [0, 0.1) is 3.70 Å². The maximum Gasteiger partial charge on any atom is 0.358 e. The van der Waals surface area contributed by atoms with Crippen molar-refractivity contribution in [1.82, 2.24) is 4.98 Å². The maximum atomic E-state index is 11.3. The van der Waals surface area contributed by atoms with Gasteiger partial charge in [-0.15, -0.1) is 0 Å². The van der Waals surface area contributed by atoms with Crippen LogP contribution in [0.4, 0.5) is 5.69 Å². The highest BCUT2D eigenvalue weighted by Gasteiger charge is 2.15. The SMILES string of the molecule is CCOC(=O)c1nc(I)c(N)cc1Cl. The molecule has 4 nitrogen and oxygen atoms in total. The van der Waals surface area contributed by atoms with Crippen LogP contribution in [0.15, 0.2) is 6.07 Å². The van der Waals surface area contributed by atoms with E-state index in [1.54, 1.807) is 6.92 Å². The molecule has 0 aliphatic carbocycles. The summed E-state index contributed by atoms with van der Waals surface area (Å²) in [5.41, 5.74) is 6.11. The molecule has 0 unspecified atom stereocenters. The molecule has 76 valence electrons. The minimum absolute atomic E-state index is 0.104. The third kappa shape index (κ3) is 2.48. The van der Waals surface area contributed by atoms with Gasteiger partial charge in [-0.3, -0.25) is 0 Å². The Labute approximate surface area is 99.9 Å². The zero-order valence-electron chi connectivity index (χ0n) is 7.38. The van der Waals surface area contributed by atoms with Crippen LogP contribution in [0.3, 0.4) is 0 Å². The normalized spacial score (nSPS) is 9.93. The Morgan fingerprint density at radius 2 is 2.43 bits per heavy atom. The highest BCUT2D eigenvalue weighted by molar-refractivity contribution is 14.1. The molecule has 1 aromatic heterocycles. The molecule has 0 fully saturated rings. The molecule has 1 rings (SSSR count). The van der Waals surface area contributed by atoms with Crippen LogP contribution in [0.5, 0.6) is 0 Å². The van der Waals surface area contributed by atoms with Gasteiger partial charge in [-0.25, -0.2) is 9.78 Å². The Morgan fingerprint density at radius 1 is 1.79 bits per heavy atom. The number of hydrogen-bond donors (Lipinski definition) is 1. The molecule has 0 aromatic carbocycles. The quantitative estimate of drug-likeness (QED) is 0.513. The molecule has 1 heterocycles. The maximum absolute atomic E-state index is 11.3. The van der Waals surface area contributed by atoms with Gasteiger partial charge in [0, 0.05) is 0 Å². The van der Waals surface area contributed by atoms with Crippen LogP contribution in [0.25, 0.3) is 0 Å². The zero-order chi connectivity index (χ0) is 10.7. The van der Waals surface area contributed by atoms with Crippen molar-refractivity contribution in [3.63, 3.8) is 0 Å². The van der Waals surface area contributed by atoms with E-state index in [0.717, 1.165) is 0 Å². The smallest absolute Gasteiger partial charge is 0.358 e. The molecule has 0 saturated carbocycles. The highest BCUT2D eigenvalue weighted by atomic mass is 127. The molecule has 0 atom stereocenters. The van der Waals surface area contributed by atoms with E-state index < -0.39 is 5.97 Å². The first-order valence-corrected chi connectivity index (χ1v) is 5.30. The van der Waals surface area contributed by atoms with Gasteiger partial charge in [-0.2, -0.15) is 0 Å². The molecular weight excluding hydrogens is 318 g/mol. The Kier molecular flexibility index (Phi) is 3.94. The zero-order valence-corrected chi connectivity index (χ0v) is 10.3. The highest BCUT2D eigenvalue weighted by Crippen LogP contribution is 2.21. The lowest BCUT2D eigenvalue weighted by Crippen LogP contribution is -2.09. The number of carbonyl (C=O) groups excluding carboxylic acids is 1. The summed E-state index contributed by atoms with van der Waals surface area (Å²) < 4.78 is 5.31. The molecule has 2 N–H and O–H groups in total. The number of aromatic nitrogens is 1. The summed E-state index contributed by atoms with van der Waals surface area (Å²) in [5.74, 6) is -0.532. The number of nitrogens with zero attached hydrogens (tertiary/aromatic N) is 1. The van der Waals surface area contributed by atoms with Gasteiger partial charge < -0.3 is 10.5 Å². The largest absolute Gasteiger partial charge is 0.461 e. The molecule has 0 spiro atoms. The summed E-state index contributed by atoms with van der Waals surface area (Å²) in [6.45, 7) is 2.01. The summed E-state index contributed by atoms with van der Waals surface area (Å²) >= 11 is 7.71. The van der Waals surface area contributed by atoms with Crippen molar-refractivity contribution in [2.75, 3.05) is 12.3 Å². The molecule has 0 aliphatic rings. The molecular formula is C8H8ClIN2O2. The van der Waals surface area contributed by atoms with Crippen molar-refractivity contribution in [3.8, 4) is 0 Å². The van der Waals surface area contributed by atoms with Crippen LogP contribution >= 0.6 is 34.2 Å². The van der Waals surface area contributed by atoms with Crippen molar-refractivity contribution in [2.45, 2.75) is 6.92 Å². The van der Waals surface area contributed by atoms with Gasteiger partial charge >= 0.3 is 5.97 Å². The van der Waals surface area contributed by atoms with Crippen LogP contribution in [-0.4, -0.2) is 17.6 Å². The minimum Gasteiger partial charge on any atom is -0.461 e. The summed E-state index contributed by atoms with van der Waals surface area (Å²) in [6.07, 6.45) is 0. The fourth-order valence-electron chi connectivity index (χ4n) is 0.823. The predicted molar refractivity (Wildman–Crippen MR) is 62.3 cm³/mol. The average molecular weight is 327 g/mol. The Bertz CT molecular complexity index is 371. The molecule has 14 heavy (non-hydrogen) atoms. The van der Waals surface area contributed by atoms with E-state index in [9.17, 15) is 4.79 Å². The number of esters is 1. The second-order valence-electron chi connectivity index (χ2n) is 2.42. The summed E-state index contributed by atoms with van der Waals surface area (Å²) in [7, 11) is 0. The van der Waals surface area contributed by atoms with E-state index >= 15 is 0 Å². The second kappa shape index (κ2) is 4.79. The lowest BCUT2D eigenvalue weighted by Gasteiger charge is -2.05. The Balaban J connectivity index is 3.09. The molecule has 1 aromatic rings. The molecule has 0 bridgehead atoms. The van der Waals surface area contributed by atoms with Gasteiger partial charge in [0.1, 0.15) is 3.70 Å². The van der Waals surface area contributed by atoms with E-state index in [0.29, 0.717) is 9.39 Å². The number of anilines is 1. The second-order valence-corrected chi connectivity index (χ2v) is 3.85. The molecule has 0 radical (unpaired) electrons. The van der Waals surface area contributed by atoms with Crippen molar-refractivity contribution in [1.29, 1.82) is 0 Å². The molecule has 0 saturated heterocycles. The lowest BCUT2D eigenvalue weighted by atomic mass is 10.3. The van der Waals surface area contributed by atoms with Crippen LogP contribution < -0.4 is 5.73 Å². The van der Waals surface area contributed by atoms with E-state index in [2.05, 4.69) is 4.98 Å². The van der Waals surface area contributed by atoms with Crippen molar-refractivity contribution < 1.29 is 9.53 Å². The van der Waals surface area contributed by atoms with Crippen molar-refractivity contribution in [3.05, 3.63) is 20.5 Å². The minimum atomic E-state index is -0.532. The van der Waals surface area contributed by atoms with Crippen LogP contribution in [-0.2, 0) is 4.74 Å². The van der Waals surface area contributed by atoms with Gasteiger partial charge in [-0.1, -0.05) is 11.6 Å². The first-order chi connectivity index (χ1) is 6.56. The van der Waals surface area contributed by atoms with E-state index in [4.69, 9.17) is 22.1 Å². The van der Waals surface area contributed by atoms with Crippen molar-refractivity contribution >= 4 is 45.8 Å². The standard InChI is InChI=1S/C8H8ClIN2O2/c1-2-14-8(13)6-4(9)3-5(11)7(10)12-6/h3H,2,11H2,1H3. The third-order valence-electron chi connectivity index (χ3n) is 1.43. The average Bonchev–Trinajstić information content (AvgIpc) is 2.11. The van der Waals surface area contributed by atoms with Gasteiger partial charge in [0.15, 0.2) is 5.69 Å². The number of ether oxygens (including phenoxy) is 1. The Hall–Kier alpha value is -0.560. The van der Waals surface area contributed by atoms with Gasteiger partial charge in [0.05, 0.1) is 17.3 Å². The number of nitrogen functional groups attached to an aromatic ring is 1. The van der Waals surface area contributed by atoms with Gasteiger partial charge in [-0.05, 0) is 35.6 Å². The van der Waals surface area contributed by atoms with Crippen LogP contribution in [0.1, 0.15) is 17.4 Å². The molecule has 6 heteroatoms. The predicted octanol–water partition coefficient (Wildman–Crippen LogP) is 2.10. The number of nitrogens with two attached hydrogens (primary N) is 1. The van der Waals surface area contributed by atoms with Gasteiger partial charge in [0.2, 0.25) is 0 Å². The Morgan fingerprint density at radius 3 is 3.00 bits per heavy atom. The fraction of sp³-hybridized carbons (Fsp3) is 0.250.